The number of hydrogen-bond donors (Lipinski definition) is 2. The van der Waals surface area contributed by atoms with E-state index >= 15 is 0 Å². The van der Waals surface area contributed by atoms with Crippen molar-refractivity contribution in [3.8, 4) is 0 Å². The Kier molecular flexibility index (Phi) is 3.09. The van der Waals surface area contributed by atoms with Crippen LogP contribution in [-0.4, -0.2) is 25.2 Å². The molecular weight excluding hydrogens is 226 g/mol. The molecule has 2 amide bonds. The van der Waals surface area contributed by atoms with Crippen molar-refractivity contribution in [2.24, 2.45) is 0 Å². The number of nitrogens with zero attached hydrogens (tertiary/aromatic N) is 1. The van der Waals surface area contributed by atoms with Crippen LogP contribution in [0.3, 0.4) is 0 Å². The SMILES string of the molecule is O=C1NCCN1c1ccc(NC2CCCC2)cc1. The summed E-state index contributed by atoms with van der Waals surface area (Å²) in [5.74, 6) is 0. The molecule has 1 saturated carbocycles. The molecule has 3 rings (SSSR count). The Bertz CT molecular complexity index is 423. The zero-order valence-corrected chi connectivity index (χ0v) is 10.5. The fraction of sp³-hybridized carbons (Fsp3) is 0.500. The first kappa shape index (κ1) is 11.4. The first-order valence-electron chi connectivity index (χ1n) is 6.75. The molecule has 1 saturated heterocycles. The molecule has 1 aromatic carbocycles. The zero-order chi connectivity index (χ0) is 12.4. The van der Waals surface area contributed by atoms with Crippen molar-refractivity contribution in [2.75, 3.05) is 23.3 Å². The Labute approximate surface area is 107 Å². The first-order chi connectivity index (χ1) is 8.83. The topological polar surface area (TPSA) is 44.4 Å². The number of carbonyl (C=O) groups is 1. The van der Waals surface area contributed by atoms with Gasteiger partial charge in [0, 0.05) is 30.5 Å². The molecular formula is C14H19N3O. The highest BCUT2D eigenvalue weighted by Gasteiger charge is 2.21. The molecule has 0 spiro atoms. The smallest absolute Gasteiger partial charge is 0.321 e. The van der Waals surface area contributed by atoms with E-state index < -0.39 is 0 Å². The van der Waals surface area contributed by atoms with Crippen molar-refractivity contribution in [2.45, 2.75) is 31.7 Å². The molecule has 1 aliphatic carbocycles. The van der Waals surface area contributed by atoms with Crippen molar-refractivity contribution in [3.05, 3.63) is 24.3 Å². The van der Waals surface area contributed by atoms with Gasteiger partial charge in [-0.05, 0) is 37.1 Å². The molecule has 2 N–H and O–H groups in total. The van der Waals surface area contributed by atoms with Gasteiger partial charge in [-0.25, -0.2) is 4.79 Å². The lowest BCUT2D eigenvalue weighted by molar-refractivity contribution is 0.252. The van der Waals surface area contributed by atoms with E-state index in [1.54, 1.807) is 4.90 Å². The predicted octanol–water partition coefficient (Wildman–Crippen LogP) is 2.57. The second kappa shape index (κ2) is 4.88. The van der Waals surface area contributed by atoms with E-state index in [0.717, 1.165) is 24.5 Å². The number of nitrogens with one attached hydrogen (secondary N) is 2. The number of urea groups is 1. The van der Waals surface area contributed by atoms with Crippen LogP contribution in [0.25, 0.3) is 0 Å². The van der Waals surface area contributed by atoms with Crippen LogP contribution in [0.15, 0.2) is 24.3 Å². The van der Waals surface area contributed by atoms with Crippen molar-refractivity contribution in [3.63, 3.8) is 0 Å². The highest BCUT2D eigenvalue weighted by molar-refractivity contribution is 5.94. The molecule has 0 atom stereocenters. The summed E-state index contributed by atoms with van der Waals surface area (Å²) in [6, 6.07) is 8.81. The third-order valence-electron chi connectivity index (χ3n) is 3.76. The standard InChI is InChI=1S/C14H19N3O/c18-14-15-9-10-17(14)13-7-5-12(6-8-13)16-11-3-1-2-4-11/h5-8,11,16H,1-4,9-10H2,(H,15,18). The first-order valence-corrected chi connectivity index (χ1v) is 6.75. The van der Waals surface area contributed by atoms with Crippen molar-refractivity contribution in [1.29, 1.82) is 0 Å². The number of rotatable bonds is 3. The minimum atomic E-state index is 0.00602. The van der Waals surface area contributed by atoms with E-state index in [4.69, 9.17) is 0 Å². The van der Waals surface area contributed by atoms with E-state index in [1.807, 2.05) is 12.1 Å². The second-order valence-corrected chi connectivity index (χ2v) is 5.06. The maximum atomic E-state index is 11.5. The molecule has 4 heteroatoms. The zero-order valence-electron chi connectivity index (χ0n) is 10.5. The fourth-order valence-corrected chi connectivity index (χ4v) is 2.76. The minimum Gasteiger partial charge on any atom is -0.382 e. The third kappa shape index (κ3) is 2.28. The van der Waals surface area contributed by atoms with Gasteiger partial charge in [-0.15, -0.1) is 0 Å². The van der Waals surface area contributed by atoms with Crippen LogP contribution < -0.4 is 15.5 Å². The van der Waals surface area contributed by atoms with E-state index in [-0.39, 0.29) is 6.03 Å². The van der Waals surface area contributed by atoms with Crippen LogP contribution in [0, 0.1) is 0 Å². The molecule has 96 valence electrons. The van der Waals surface area contributed by atoms with E-state index in [1.165, 1.54) is 25.7 Å². The summed E-state index contributed by atoms with van der Waals surface area (Å²) >= 11 is 0. The highest BCUT2D eigenvalue weighted by Crippen LogP contribution is 2.24. The second-order valence-electron chi connectivity index (χ2n) is 5.06. The van der Waals surface area contributed by atoms with Crippen molar-refractivity contribution >= 4 is 17.4 Å². The van der Waals surface area contributed by atoms with Gasteiger partial charge in [0.25, 0.3) is 0 Å². The monoisotopic (exact) mass is 245 g/mol. The molecule has 18 heavy (non-hydrogen) atoms. The van der Waals surface area contributed by atoms with E-state index in [0.29, 0.717) is 6.04 Å². The number of anilines is 2. The third-order valence-corrected chi connectivity index (χ3v) is 3.76. The van der Waals surface area contributed by atoms with Crippen LogP contribution in [0.4, 0.5) is 16.2 Å². The Hall–Kier alpha value is -1.71. The van der Waals surface area contributed by atoms with Gasteiger partial charge in [-0.3, -0.25) is 4.90 Å². The lowest BCUT2D eigenvalue weighted by atomic mass is 10.2. The van der Waals surface area contributed by atoms with Crippen LogP contribution in [0.1, 0.15) is 25.7 Å². The fourth-order valence-electron chi connectivity index (χ4n) is 2.76. The van der Waals surface area contributed by atoms with Crippen LogP contribution in [0.5, 0.6) is 0 Å². The Morgan fingerprint density at radius 3 is 2.50 bits per heavy atom. The maximum Gasteiger partial charge on any atom is 0.321 e. The molecule has 1 heterocycles. The number of amides is 2. The van der Waals surface area contributed by atoms with Crippen LogP contribution in [0.2, 0.25) is 0 Å². The lowest BCUT2D eigenvalue weighted by Crippen LogP contribution is -2.27. The normalized spacial score (nSPS) is 20.2. The molecule has 2 fully saturated rings. The van der Waals surface area contributed by atoms with Gasteiger partial charge in [0.1, 0.15) is 0 Å². The van der Waals surface area contributed by atoms with Gasteiger partial charge in [-0.1, -0.05) is 12.8 Å². The Balaban J connectivity index is 1.66. The minimum absolute atomic E-state index is 0.00602. The maximum absolute atomic E-state index is 11.5. The van der Waals surface area contributed by atoms with Gasteiger partial charge in [0.2, 0.25) is 0 Å². The van der Waals surface area contributed by atoms with Gasteiger partial charge in [-0.2, -0.15) is 0 Å². The highest BCUT2D eigenvalue weighted by atomic mass is 16.2. The summed E-state index contributed by atoms with van der Waals surface area (Å²) in [5.41, 5.74) is 2.13. The van der Waals surface area contributed by atoms with Gasteiger partial charge >= 0.3 is 6.03 Å². The number of benzene rings is 1. The van der Waals surface area contributed by atoms with Gasteiger partial charge < -0.3 is 10.6 Å². The molecule has 0 aromatic heterocycles. The summed E-state index contributed by atoms with van der Waals surface area (Å²) in [5, 5.41) is 6.36. The number of hydrogen-bond acceptors (Lipinski definition) is 2. The molecule has 1 aromatic rings. The van der Waals surface area contributed by atoms with Crippen LogP contribution >= 0.6 is 0 Å². The Morgan fingerprint density at radius 1 is 1.17 bits per heavy atom. The summed E-state index contributed by atoms with van der Waals surface area (Å²) in [6.45, 7) is 1.50. The van der Waals surface area contributed by atoms with Crippen molar-refractivity contribution in [1.82, 2.24) is 5.32 Å². The van der Waals surface area contributed by atoms with Gasteiger partial charge in [0.15, 0.2) is 0 Å². The molecule has 0 radical (unpaired) electrons. The van der Waals surface area contributed by atoms with Gasteiger partial charge in [0.05, 0.1) is 0 Å². The molecule has 1 aliphatic heterocycles. The summed E-state index contributed by atoms with van der Waals surface area (Å²) in [7, 11) is 0. The van der Waals surface area contributed by atoms with Crippen molar-refractivity contribution < 1.29 is 4.79 Å². The van der Waals surface area contributed by atoms with E-state index in [9.17, 15) is 4.79 Å². The lowest BCUT2D eigenvalue weighted by Gasteiger charge is -2.17. The largest absolute Gasteiger partial charge is 0.382 e. The number of carbonyl (C=O) groups excluding carboxylic acids is 1. The van der Waals surface area contributed by atoms with Crippen LogP contribution in [-0.2, 0) is 0 Å². The molecule has 4 nitrogen and oxygen atoms in total. The summed E-state index contributed by atoms with van der Waals surface area (Å²) in [4.78, 5) is 13.3. The predicted molar refractivity (Wildman–Crippen MR) is 73.1 cm³/mol. The molecule has 0 unspecified atom stereocenters. The quantitative estimate of drug-likeness (QED) is 0.859. The summed E-state index contributed by atoms with van der Waals surface area (Å²) in [6.07, 6.45) is 5.22. The average Bonchev–Trinajstić information content (AvgIpc) is 3.02. The average molecular weight is 245 g/mol. The molecule has 2 aliphatic rings. The van der Waals surface area contributed by atoms with E-state index in [2.05, 4.69) is 22.8 Å². The molecule has 0 bridgehead atoms. The summed E-state index contributed by atoms with van der Waals surface area (Å²) < 4.78 is 0. The Morgan fingerprint density at radius 2 is 1.89 bits per heavy atom.